The van der Waals surface area contributed by atoms with Crippen LogP contribution < -0.4 is 14.8 Å². The van der Waals surface area contributed by atoms with Crippen LogP contribution in [-0.4, -0.2) is 30.7 Å². The van der Waals surface area contributed by atoms with Crippen LogP contribution in [0.5, 0.6) is 11.5 Å². The van der Waals surface area contributed by atoms with Gasteiger partial charge in [-0.2, -0.15) is 0 Å². The maximum atomic E-state index is 12.3. The van der Waals surface area contributed by atoms with Gasteiger partial charge in [-0.25, -0.2) is 4.79 Å². The number of hydrogen-bond acceptors (Lipinski definition) is 5. The number of amides is 1. The van der Waals surface area contributed by atoms with E-state index < -0.39 is 5.97 Å². The number of para-hydroxylation sites is 1. The van der Waals surface area contributed by atoms with E-state index in [1.807, 2.05) is 44.2 Å². The molecule has 0 unspecified atom stereocenters. The SMILES string of the molecule is CC1(C)Cc2cccc(OCC(=O)OCC(=O)N[C@H]3CCCc4ccccc43)c2O1. The lowest BCUT2D eigenvalue weighted by Crippen LogP contribution is -2.34. The number of ether oxygens (including phenoxy) is 3. The first-order valence-corrected chi connectivity index (χ1v) is 10.4. The van der Waals surface area contributed by atoms with Gasteiger partial charge in [-0.1, -0.05) is 36.4 Å². The summed E-state index contributed by atoms with van der Waals surface area (Å²) in [7, 11) is 0. The average molecular weight is 409 g/mol. The number of carbonyl (C=O) groups excluding carboxylic acids is 2. The van der Waals surface area contributed by atoms with E-state index in [0.29, 0.717) is 11.5 Å². The maximum Gasteiger partial charge on any atom is 0.344 e. The molecule has 1 heterocycles. The van der Waals surface area contributed by atoms with E-state index in [1.54, 1.807) is 6.07 Å². The van der Waals surface area contributed by atoms with E-state index in [1.165, 1.54) is 5.56 Å². The van der Waals surface area contributed by atoms with Gasteiger partial charge in [0, 0.05) is 12.0 Å². The van der Waals surface area contributed by atoms with Gasteiger partial charge < -0.3 is 19.5 Å². The van der Waals surface area contributed by atoms with Gasteiger partial charge in [0.25, 0.3) is 5.91 Å². The standard InChI is InChI=1S/C24H27NO5/c1-24(2)13-17-9-6-12-20(23(17)30-24)28-15-22(27)29-14-21(26)25-19-11-5-8-16-7-3-4-10-18(16)19/h3-4,6-7,9-10,12,19H,5,8,11,13-15H2,1-2H3,(H,25,26)/t19-/m0/s1. The second kappa shape index (κ2) is 8.38. The third-order valence-corrected chi connectivity index (χ3v) is 5.47. The van der Waals surface area contributed by atoms with Crippen LogP contribution in [0.4, 0.5) is 0 Å². The minimum absolute atomic E-state index is 0.0372. The van der Waals surface area contributed by atoms with Gasteiger partial charge in [-0.15, -0.1) is 0 Å². The molecule has 1 aliphatic carbocycles. The summed E-state index contributed by atoms with van der Waals surface area (Å²) in [6, 6.07) is 13.7. The molecular weight excluding hydrogens is 382 g/mol. The maximum absolute atomic E-state index is 12.3. The third-order valence-electron chi connectivity index (χ3n) is 5.47. The van der Waals surface area contributed by atoms with Crippen molar-refractivity contribution in [2.75, 3.05) is 13.2 Å². The Morgan fingerprint density at radius 1 is 1.10 bits per heavy atom. The van der Waals surface area contributed by atoms with Crippen LogP contribution in [0.3, 0.4) is 0 Å². The molecule has 0 fully saturated rings. The Balaban J connectivity index is 1.26. The smallest absolute Gasteiger partial charge is 0.344 e. The molecule has 2 aliphatic rings. The summed E-state index contributed by atoms with van der Waals surface area (Å²) in [6.07, 6.45) is 3.72. The molecule has 1 amide bonds. The van der Waals surface area contributed by atoms with Gasteiger partial charge in [-0.3, -0.25) is 4.79 Å². The number of hydrogen-bond donors (Lipinski definition) is 1. The minimum atomic E-state index is -0.593. The Bertz CT molecular complexity index is 952. The van der Waals surface area contributed by atoms with E-state index in [2.05, 4.69) is 11.4 Å². The second-order valence-corrected chi connectivity index (χ2v) is 8.44. The molecule has 1 atom stereocenters. The Hall–Kier alpha value is -3.02. The number of esters is 1. The Labute approximate surface area is 176 Å². The lowest BCUT2D eigenvalue weighted by Gasteiger charge is -2.26. The van der Waals surface area contributed by atoms with E-state index in [4.69, 9.17) is 14.2 Å². The summed E-state index contributed by atoms with van der Waals surface area (Å²) < 4.78 is 16.6. The van der Waals surface area contributed by atoms with Crippen molar-refractivity contribution in [2.24, 2.45) is 0 Å². The van der Waals surface area contributed by atoms with Crippen LogP contribution in [0.15, 0.2) is 42.5 Å². The van der Waals surface area contributed by atoms with Crippen molar-refractivity contribution in [3.8, 4) is 11.5 Å². The van der Waals surface area contributed by atoms with Gasteiger partial charge in [0.15, 0.2) is 24.7 Å². The minimum Gasteiger partial charge on any atom is -0.483 e. The molecule has 0 bridgehead atoms. The van der Waals surface area contributed by atoms with Gasteiger partial charge in [0.05, 0.1) is 6.04 Å². The number of aryl methyl sites for hydroxylation is 1. The first-order chi connectivity index (χ1) is 14.4. The van der Waals surface area contributed by atoms with Crippen molar-refractivity contribution in [1.29, 1.82) is 0 Å². The third kappa shape index (κ3) is 4.58. The molecule has 4 rings (SSSR count). The van der Waals surface area contributed by atoms with Gasteiger partial charge in [0.2, 0.25) is 0 Å². The van der Waals surface area contributed by atoms with Gasteiger partial charge in [-0.05, 0) is 50.3 Å². The first-order valence-electron chi connectivity index (χ1n) is 10.4. The molecule has 1 aliphatic heterocycles. The average Bonchev–Trinajstić information content (AvgIpc) is 3.05. The lowest BCUT2D eigenvalue weighted by molar-refractivity contribution is -0.150. The lowest BCUT2D eigenvalue weighted by atomic mass is 9.88. The molecule has 0 saturated carbocycles. The van der Waals surface area contributed by atoms with Crippen molar-refractivity contribution >= 4 is 11.9 Å². The van der Waals surface area contributed by atoms with Crippen molar-refractivity contribution in [3.63, 3.8) is 0 Å². The monoisotopic (exact) mass is 409 g/mol. The number of benzene rings is 2. The van der Waals surface area contributed by atoms with Crippen LogP contribution in [0.25, 0.3) is 0 Å². The predicted molar refractivity (Wildman–Crippen MR) is 112 cm³/mol. The van der Waals surface area contributed by atoms with Crippen LogP contribution in [0.2, 0.25) is 0 Å². The predicted octanol–water partition coefficient (Wildman–Crippen LogP) is 3.52. The zero-order chi connectivity index (χ0) is 21.1. The molecule has 0 spiro atoms. The van der Waals surface area contributed by atoms with Crippen LogP contribution in [-0.2, 0) is 27.2 Å². The highest BCUT2D eigenvalue weighted by atomic mass is 16.6. The molecule has 0 aromatic heterocycles. The summed E-state index contributed by atoms with van der Waals surface area (Å²) in [4.78, 5) is 24.3. The highest BCUT2D eigenvalue weighted by molar-refractivity contribution is 5.81. The van der Waals surface area contributed by atoms with Gasteiger partial charge in [0.1, 0.15) is 5.60 Å². The Morgan fingerprint density at radius 2 is 1.90 bits per heavy atom. The zero-order valence-electron chi connectivity index (χ0n) is 17.4. The van der Waals surface area contributed by atoms with Crippen molar-refractivity contribution in [2.45, 2.75) is 51.2 Å². The molecule has 0 radical (unpaired) electrons. The number of carbonyl (C=O) groups is 2. The summed E-state index contributed by atoms with van der Waals surface area (Å²) in [5, 5.41) is 2.97. The van der Waals surface area contributed by atoms with Crippen molar-refractivity contribution in [3.05, 3.63) is 59.2 Å². The molecule has 6 nitrogen and oxygen atoms in total. The number of fused-ring (bicyclic) bond motifs is 2. The highest BCUT2D eigenvalue weighted by Crippen LogP contribution is 2.41. The molecule has 158 valence electrons. The van der Waals surface area contributed by atoms with E-state index in [-0.39, 0.29) is 30.8 Å². The number of rotatable bonds is 6. The summed E-state index contributed by atoms with van der Waals surface area (Å²) in [6.45, 7) is 3.42. The quantitative estimate of drug-likeness (QED) is 0.739. The molecule has 1 N–H and O–H groups in total. The largest absolute Gasteiger partial charge is 0.483 e. The van der Waals surface area contributed by atoms with Crippen LogP contribution in [0.1, 0.15) is 49.4 Å². The Morgan fingerprint density at radius 3 is 2.77 bits per heavy atom. The van der Waals surface area contributed by atoms with E-state index >= 15 is 0 Å². The highest BCUT2D eigenvalue weighted by Gasteiger charge is 2.32. The van der Waals surface area contributed by atoms with E-state index in [0.717, 1.165) is 36.8 Å². The normalized spacial score (nSPS) is 18.5. The topological polar surface area (TPSA) is 73.9 Å². The van der Waals surface area contributed by atoms with Crippen LogP contribution in [0, 0.1) is 0 Å². The molecule has 0 saturated heterocycles. The zero-order valence-corrected chi connectivity index (χ0v) is 17.4. The van der Waals surface area contributed by atoms with Crippen molar-refractivity contribution < 1.29 is 23.8 Å². The first kappa shape index (κ1) is 20.3. The molecule has 30 heavy (non-hydrogen) atoms. The fourth-order valence-electron chi connectivity index (χ4n) is 4.17. The van der Waals surface area contributed by atoms with Crippen LogP contribution >= 0.6 is 0 Å². The summed E-state index contributed by atoms with van der Waals surface area (Å²) >= 11 is 0. The fourth-order valence-corrected chi connectivity index (χ4v) is 4.17. The summed E-state index contributed by atoms with van der Waals surface area (Å²) in [5.41, 5.74) is 3.17. The molecule has 2 aromatic carbocycles. The summed E-state index contributed by atoms with van der Waals surface area (Å²) in [5.74, 6) is 0.280. The van der Waals surface area contributed by atoms with Gasteiger partial charge >= 0.3 is 5.97 Å². The molecule has 2 aromatic rings. The van der Waals surface area contributed by atoms with Crippen molar-refractivity contribution in [1.82, 2.24) is 5.32 Å². The Kier molecular flexibility index (Phi) is 5.66. The molecule has 6 heteroatoms. The fraction of sp³-hybridized carbons (Fsp3) is 0.417. The van der Waals surface area contributed by atoms with E-state index in [9.17, 15) is 9.59 Å². The second-order valence-electron chi connectivity index (χ2n) is 8.44. The number of nitrogens with one attached hydrogen (secondary N) is 1. The molecular formula is C24H27NO5.